The van der Waals surface area contributed by atoms with Crippen molar-refractivity contribution < 1.29 is 35.8 Å². The topological polar surface area (TPSA) is 80.7 Å². The van der Waals surface area contributed by atoms with Gasteiger partial charge in [-0.1, -0.05) is 30.3 Å². The zero-order chi connectivity index (χ0) is 20.8. The first-order valence-corrected chi connectivity index (χ1v) is 9.26. The van der Waals surface area contributed by atoms with E-state index in [4.69, 9.17) is 4.55 Å². The van der Waals surface area contributed by atoms with Crippen LogP contribution in [0.25, 0.3) is 0 Å². The Labute approximate surface area is 154 Å². The summed E-state index contributed by atoms with van der Waals surface area (Å²) in [6, 6.07) is 10.6. The summed E-state index contributed by atoms with van der Waals surface area (Å²) >= 11 is 0. The summed E-state index contributed by atoms with van der Waals surface area (Å²) in [5.41, 5.74) is 0.384. The minimum atomic E-state index is -5.55. The number of quaternary nitrogens is 1. The fraction of sp³-hybridized carbons (Fsp3) is 0.588. The number of nitrogens with zero attached hydrogens (tertiary/aromatic N) is 1. The standard InChI is InChI=1S/C10H16N.C7H12F2O5S/c1-11(2,3)9-10-7-5-4-6-8-10;1-6(2,3)5(10)14-4-7(8,9)15(11,12)13/h4-8H,9H2,1-3H3;4H2,1-3H3,(H,11,12,13)/q+1;. The predicted octanol–water partition coefficient (Wildman–Crippen LogP) is 2.95. The molecule has 0 aliphatic carbocycles. The summed E-state index contributed by atoms with van der Waals surface area (Å²) in [4.78, 5) is 11.0. The molecule has 150 valence electrons. The number of rotatable bonds is 5. The van der Waals surface area contributed by atoms with Crippen molar-refractivity contribution in [3.05, 3.63) is 35.9 Å². The van der Waals surface area contributed by atoms with Gasteiger partial charge >= 0.3 is 21.3 Å². The van der Waals surface area contributed by atoms with Crippen LogP contribution < -0.4 is 0 Å². The van der Waals surface area contributed by atoms with Gasteiger partial charge in [-0.05, 0) is 20.8 Å². The largest absolute Gasteiger partial charge is 0.458 e. The molecule has 0 aliphatic heterocycles. The van der Waals surface area contributed by atoms with Crippen LogP contribution in [0.5, 0.6) is 0 Å². The zero-order valence-corrected chi connectivity index (χ0v) is 16.8. The minimum Gasteiger partial charge on any atom is -0.458 e. The highest BCUT2D eigenvalue weighted by Gasteiger charge is 2.46. The van der Waals surface area contributed by atoms with Gasteiger partial charge in [-0.3, -0.25) is 9.35 Å². The highest BCUT2D eigenvalue weighted by molar-refractivity contribution is 7.86. The van der Waals surface area contributed by atoms with Crippen LogP contribution in [0.15, 0.2) is 30.3 Å². The molecular formula is C17H28F2NO5S+. The van der Waals surface area contributed by atoms with Gasteiger partial charge in [0.05, 0.1) is 26.6 Å². The van der Waals surface area contributed by atoms with Gasteiger partial charge in [0.1, 0.15) is 6.54 Å². The molecular weight excluding hydrogens is 368 g/mol. The molecule has 0 spiro atoms. The van der Waals surface area contributed by atoms with Crippen molar-refractivity contribution in [3.63, 3.8) is 0 Å². The number of carbonyl (C=O) groups excluding carboxylic acids is 1. The first kappa shape index (κ1) is 24.4. The monoisotopic (exact) mass is 396 g/mol. The average Bonchev–Trinajstić information content (AvgIpc) is 2.42. The van der Waals surface area contributed by atoms with Gasteiger partial charge in [-0.2, -0.15) is 17.2 Å². The number of ether oxygens (including phenoxy) is 1. The second-order valence-electron chi connectivity index (χ2n) is 7.87. The van der Waals surface area contributed by atoms with E-state index in [1.807, 2.05) is 0 Å². The molecule has 0 saturated carbocycles. The van der Waals surface area contributed by atoms with Crippen LogP contribution >= 0.6 is 0 Å². The van der Waals surface area contributed by atoms with Crippen molar-refractivity contribution >= 4 is 16.1 Å². The van der Waals surface area contributed by atoms with Crippen molar-refractivity contribution in [1.82, 2.24) is 0 Å². The second-order valence-corrected chi connectivity index (χ2v) is 9.42. The lowest BCUT2D eigenvalue weighted by Crippen LogP contribution is -2.36. The summed E-state index contributed by atoms with van der Waals surface area (Å²) < 4.78 is 58.5. The maximum absolute atomic E-state index is 12.6. The van der Waals surface area contributed by atoms with Gasteiger partial charge < -0.3 is 9.22 Å². The number of hydrogen-bond acceptors (Lipinski definition) is 4. The lowest BCUT2D eigenvalue weighted by Gasteiger charge is -2.23. The predicted molar refractivity (Wildman–Crippen MR) is 95.1 cm³/mol. The molecule has 26 heavy (non-hydrogen) atoms. The van der Waals surface area contributed by atoms with E-state index in [2.05, 4.69) is 56.2 Å². The van der Waals surface area contributed by atoms with Gasteiger partial charge in [0.25, 0.3) is 0 Å². The number of halogens is 2. The second kappa shape index (κ2) is 8.88. The summed E-state index contributed by atoms with van der Waals surface area (Å²) in [6.45, 7) is 3.66. The number of benzene rings is 1. The van der Waals surface area contributed by atoms with E-state index in [0.717, 1.165) is 11.0 Å². The van der Waals surface area contributed by atoms with Crippen molar-refractivity contribution in [1.29, 1.82) is 0 Å². The van der Waals surface area contributed by atoms with Crippen molar-refractivity contribution in [2.45, 2.75) is 32.6 Å². The smallest absolute Gasteiger partial charge is 0.402 e. The maximum atomic E-state index is 12.6. The highest BCUT2D eigenvalue weighted by Crippen LogP contribution is 2.23. The Hall–Kier alpha value is -1.58. The summed E-state index contributed by atoms with van der Waals surface area (Å²) in [5.74, 6) is -0.981. The first-order chi connectivity index (χ1) is 11.5. The molecule has 1 aromatic rings. The lowest BCUT2D eigenvalue weighted by molar-refractivity contribution is -0.884. The number of hydrogen-bond donors (Lipinski definition) is 1. The summed E-state index contributed by atoms with van der Waals surface area (Å²) in [7, 11) is 1.05. The third kappa shape index (κ3) is 9.79. The molecule has 1 aromatic carbocycles. The van der Waals surface area contributed by atoms with Crippen LogP contribution in [0.1, 0.15) is 26.3 Å². The highest BCUT2D eigenvalue weighted by atomic mass is 32.2. The number of alkyl halides is 2. The molecule has 0 heterocycles. The van der Waals surface area contributed by atoms with Crippen LogP contribution in [-0.2, 0) is 26.2 Å². The van der Waals surface area contributed by atoms with Gasteiger partial charge in [0, 0.05) is 5.56 Å². The molecule has 0 bridgehead atoms. The molecule has 0 saturated heterocycles. The van der Waals surface area contributed by atoms with Crippen molar-refractivity contribution in [3.8, 4) is 0 Å². The van der Waals surface area contributed by atoms with Crippen LogP contribution in [0.2, 0.25) is 0 Å². The van der Waals surface area contributed by atoms with Gasteiger partial charge in [0.15, 0.2) is 6.61 Å². The molecule has 0 aliphatic rings. The normalized spacial score (nSPS) is 12.8. The SMILES string of the molecule is CC(C)(C)C(=O)OCC(F)(F)S(=O)(=O)O.C[N+](C)(C)Cc1ccccc1. The van der Waals surface area contributed by atoms with E-state index in [0.29, 0.717) is 0 Å². The van der Waals surface area contributed by atoms with E-state index < -0.39 is 33.4 Å². The number of carbonyl (C=O) groups is 1. The molecule has 6 nitrogen and oxygen atoms in total. The van der Waals surface area contributed by atoms with E-state index in [1.165, 1.54) is 26.3 Å². The molecule has 0 atom stereocenters. The van der Waals surface area contributed by atoms with Crippen molar-refractivity contribution in [2.75, 3.05) is 27.7 Å². The Kier molecular flexibility index (Phi) is 8.34. The quantitative estimate of drug-likeness (QED) is 0.470. The Morgan fingerprint density at radius 3 is 1.92 bits per heavy atom. The van der Waals surface area contributed by atoms with Crippen LogP contribution in [0, 0.1) is 5.41 Å². The Morgan fingerprint density at radius 1 is 1.12 bits per heavy atom. The molecule has 0 fully saturated rings. The Morgan fingerprint density at radius 2 is 1.58 bits per heavy atom. The molecule has 0 amide bonds. The molecule has 0 radical (unpaired) electrons. The van der Waals surface area contributed by atoms with E-state index >= 15 is 0 Å². The van der Waals surface area contributed by atoms with Crippen LogP contribution in [0.3, 0.4) is 0 Å². The van der Waals surface area contributed by atoms with E-state index in [1.54, 1.807) is 0 Å². The third-order valence-electron chi connectivity index (χ3n) is 2.86. The maximum Gasteiger partial charge on any atom is 0.402 e. The fourth-order valence-corrected chi connectivity index (χ4v) is 1.78. The van der Waals surface area contributed by atoms with Gasteiger partial charge in [-0.15, -0.1) is 0 Å². The third-order valence-corrected chi connectivity index (χ3v) is 3.73. The summed E-state index contributed by atoms with van der Waals surface area (Å²) in [5, 5.41) is -4.48. The van der Waals surface area contributed by atoms with E-state index in [-0.39, 0.29) is 0 Å². The molecule has 1 rings (SSSR count). The fourth-order valence-electron chi connectivity index (χ4n) is 1.57. The Balaban J connectivity index is 0.000000502. The van der Waals surface area contributed by atoms with E-state index in [9.17, 15) is 22.0 Å². The molecule has 0 unspecified atom stereocenters. The first-order valence-electron chi connectivity index (χ1n) is 7.82. The van der Waals surface area contributed by atoms with Gasteiger partial charge in [-0.25, -0.2) is 0 Å². The average molecular weight is 396 g/mol. The Bertz CT molecular complexity index is 677. The molecule has 0 aromatic heterocycles. The summed E-state index contributed by atoms with van der Waals surface area (Å²) in [6.07, 6.45) is 0. The lowest BCUT2D eigenvalue weighted by atomic mass is 9.97. The zero-order valence-electron chi connectivity index (χ0n) is 16.0. The molecule has 9 heteroatoms. The number of esters is 1. The van der Waals surface area contributed by atoms with Crippen LogP contribution in [0.4, 0.5) is 8.78 Å². The van der Waals surface area contributed by atoms with Gasteiger partial charge in [0.2, 0.25) is 0 Å². The molecule has 1 N–H and O–H groups in total. The van der Waals surface area contributed by atoms with Crippen molar-refractivity contribution in [2.24, 2.45) is 5.41 Å². The van der Waals surface area contributed by atoms with Crippen LogP contribution in [-0.4, -0.2) is 56.4 Å². The minimum absolute atomic E-state index is 0.981.